The Morgan fingerprint density at radius 2 is 1.96 bits per heavy atom. The normalized spacial score (nSPS) is 26.6. The average molecular weight is 662 g/mol. The minimum absolute atomic E-state index is 0.0431. The molecule has 4 aliphatic rings. The molecule has 0 unspecified atom stereocenters. The van der Waals surface area contributed by atoms with Gasteiger partial charge in [0.2, 0.25) is 0 Å². The number of nitrogens with two attached hydrogens (primary N) is 1. The lowest BCUT2D eigenvalue weighted by Gasteiger charge is -2.37. The molecule has 3 N–H and O–H groups in total. The molecular weight excluding hydrogens is 620 g/mol. The zero-order valence-corrected chi connectivity index (χ0v) is 27.5. The molecule has 2 aliphatic carbocycles. The van der Waals surface area contributed by atoms with E-state index in [4.69, 9.17) is 25.2 Å². The fourth-order valence-corrected chi connectivity index (χ4v) is 8.01. The number of aromatic nitrogens is 4. The number of hydrogen-bond acceptors (Lipinski definition) is 7. The highest BCUT2D eigenvalue weighted by atomic mass is 19.3. The standard InChI is InChI=1S/C35H41F2N7O4/c1-19-25-8-6-21-15-27(44(30(21)40-25)18-35(36,37)9-4-12-48-34(10-11-34)33(46)39-19)31-41-26-14-22(16-28(47-3)29(26)42(31)2)32(45)43-17-24(38)20-5-7-23(43)13-20/h6,8,14-16,19-20,23-24H,4-5,7,9-13,17-18,38H2,1-3H3,(H,39,46)/t19-,20-,23+,24+/m1/s1. The van der Waals surface area contributed by atoms with Crippen LogP contribution in [0.25, 0.3) is 33.6 Å². The summed E-state index contributed by atoms with van der Waals surface area (Å²) >= 11 is 0. The van der Waals surface area contributed by atoms with Gasteiger partial charge in [-0.3, -0.25) is 9.59 Å². The van der Waals surface area contributed by atoms with E-state index in [0.717, 1.165) is 19.3 Å². The first-order valence-corrected chi connectivity index (χ1v) is 16.9. The lowest BCUT2D eigenvalue weighted by atomic mass is 9.94. The van der Waals surface area contributed by atoms with Crippen molar-refractivity contribution in [1.82, 2.24) is 29.3 Å². The molecule has 2 aliphatic heterocycles. The van der Waals surface area contributed by atoms with Gasteiger partial charge in [0.15, 0.2) is 5.82 Å². The number of rotatable bonds is 3. The molecule has 254 valence electrons. The van der Waals surface area contributed by atoms with E-state index in [1.54, 1.807) is 25.3 Å². The van der Waals surface area contributed by atoms with Crippen LogP contribution in [0, 0.1) is 5.92 Å². The first-order valence-electron chi connectivity index (χ1n) is 16.9. The van der Waals surface area contributed by atoms with Crippen molar-refractivity contribution in [3.8, 4) is 17.3 Å². The van der Waals surface area contributed by atoms with Crippen molar-refractivity contribution >= 4 is 33.9 Å². The van der Waals surface area contributed by atoms with Crippen LogP contribution in [0.1, 0.15) is 74.0 Å². The summed E-state index contributed by atoms with van der Waals surface area (Å²) < 4.78 is 46.5. The number of pyridine rings is 1. The molecule has 13 heteroatoms. The number of imidazole rings is 1. The van der Waals surface area contributed by atoms with Crippen LogP contribution in [0.4, 0.5) is 8.78 Å². The molecule has 1 saturated heterocycles. The van der Waals surface area contributed by atoms with Crippen molar-refractivity contribution in [3.05, 3.63) is 41.6 Å². The van der Waals surface area contributed by atoms with Gasteiger partial charge in [-0.2, -0.15) is 0 Å². The number of hydrogen-bond donors (Lipinski definition) is 2. The van der Waals surface area contributed by atoms with E-state index in [0.29, 0.717) is 75.9 Å². The number of fused-ring (bicyclic) bond motifs is 4. The minimum Gasteiger partial charge on any atom is -0.494 e. The van der Waals surface area contributed by atoms with Crippen LogP contribution in [0.5, 0.6) is 5.75 Å². The van der Waals surface area contributed by atoms with E-state index in [2.05, 4.69) is 5.32 Å². The molecule has 4 atom stereocenters. The fraction of sp³-hybridized carbons (Fsp3) is 0.543. The monoisotopic (exact) mass is 661 g/mol. The Balaban J connectivity index is 1.22. The van der Waals surface area contributed by atoms with E-state index < -0.39 is 30.5 Å². The maximum atomic E-state index is 15.7. The average Bonchev–Trinajstić information content (AvgIpc) is 3.44. The highest BCUT2D eigenvalue weighted by molar-refractivity contribution is 6.00. The third kappa shape index (κ3) is 5.13. The number of carbonyl (C=O) groups is 2. The van der Waals surface area contributed by atoms with Crippen molar-refractivity contribution < 1.29 is 27.8 Å². The molecule has 5 heterocycles. The van der Waals surface area contributed by atoms with Gasteiger partial charge in [0.1, 0.15) is 22.5 Å². The smallest absolute Gasteiger partial charge is 0.265 e. The van der Waals surface area contributed by atoms with Gasteiger partial charge >= 0.3 is 0 Å². The Hall–Kier alpha value is -4.10. The zero-order valence-electron chi connectivity index (χ0n) is 27.5. The topological polar surface area (TPSA) is 130 Å². The highest BCUT2D eigenvalue weighted by Gasteiger charge is 2.52. The Bertz CT molecular complexity index is 1950. The molecule has 48 heavy (non-hydrogen) atoms. The van der Waals surface area contributed by atoms with Crippen LogP contribution in [-0.4, -0.2) is 79.7 Å². The summed E-state index contributed by atoms with van der Waals surface area (Å²) in [6.45, 7) is 1.80. The molecule has 4 bridgehead atoms. The van der Waals surface area contributed by atoms with Gasteiger partial charge in [-0.1, -0.05) is 0 Å². The van der Waals surface area contributed by atoms with Gasteiger partial charge < -0.3 is 34.6 Å². The molecule has 4 aromatic rings. The lowest BCUT2D eigenvalue weighted by molar-refractivity contribution is -0.137. The second kappa shape index (κ2) is 11.2. The van der Waals surface area contributed by atoms with Gasteiger partial charge in [0, 0.05) is 49.7 Å². The second-order valence-corrected chi connectivity index (χ2v) is 14.2. The first kappa shape index (κ1) is 31.2. The van der Waals surface area contributed by atoms with Crippen LogP contribution in [0.3, 0.4) is 0 Å². The van der Waals surface area contributed by atoms with Crippen LogP contribution < -0.4 is 15.8 Å². The minimum atomic E-state index is -3.09. The Morgan fingerprint density at radius 3 is 2.73 bits per heavy atom. The Labute approximate surface area is 276 Å². The van der Waals surface area contributed by atoms with Crippen LogP contribution in [0.2, 0.25) is 0 Å². The van der Waals surface area contributed by atoms with Gasteiger partial charge in [-0.15, -0.1) is 0 Å². The number of amides is 2. The molecule has 3 fully saturated rings. The summed E-state index contributed by atoms with van der Waals surface area (Å²) in [4.78, 5) is 38.6. The number of carbonyl (C=O) groups excluding carboxylic acids is 2. The number of aryl methyl sites for hydroxylation is 1. The lowest BCUT2D eigenvalue weighted by Crippen LogP contribution is -2.51. The maximum Gasteiger partial charge on any atom is 0.265 e. The summed E-state index contributed by atoms with van der Waals surface area (Å²) in [6, 6.07) is 8.61. The molecule has 2 amide bonds. The van der Waals surface area contributed by atoms with E-state index in [1.165, 1.54) is 4.57 Å². The number of halogens is 2. The van der Waals surface area contributed by atoms with E-state index >= 15 is 8.78 Å². The van der Waals surface area contributed by atoms with Gasteiger partial charge in [-0.05, 0) is 81.7 Å². The molecule has 0 radical (unpaired) electrons. The third-order valence-corrected chi connectivity index (χ3v) is 10.9. The number of ether oxygens (including phenoxy) is 2. The number of nitrogens with zero attached hydrogens (tertiary/aromatic N) is 5. The molecule has 8 rings (SSSR count). The van der Waals surface area contributed by atoms with Crippen molar-refractivity contribution in [2.75, 3.05) is 20.3 Å². The van der Waals surface area contributed by atoms with Crippen LogP contribution in [-0.2, 0) is 23.1 Å². The number of alkyl halides is 2. The summed E-state index contributed by atoms with van der Waals surface area (Å²) in [5, 5.41) is 3.69. The highest BCUT2D eigenvalue weighted by Crippen LogP contribution is 2.42. The number of nitrogens with one attached hydrogen (secondary N) is 1. The van der Waals surface area contributed by atoms with Gasteiger partial charge in [0.25, 0.3) is 17.7 Å². The summed E-state index contributed by atoms with van der Waals surface area (Å²) in [5.74, 6) is -2.08. The predicted octanol–water partition coefficient (Wildman–Crippen LogP) is 4.71. The largest absolute Gasteiger partial charge is 0.494 e. The number of methoxy groups -OCH3 is 1. The molecule has 3 aromatic heterocycles. The van der Waals surface area contributed by atoms with E-state index in [-0.39, 0.29) is 36.9 Å². The van der Waals surface area contributed by atoms with Gasteiger partial charge in [0.05, 0.1) is 36.6 Å². The van der Waals surface area contributed by atoms with Gasteiger partial charge in [-0.25, -0.2) is 18.7 Å². The van der Waals surface area contributed by atoms with Crippen LogP contribution in [0.15, 0.2) is 30.3 Å². The maximum absolute atomic E-state index is 15.7. The third-order valence-electron chi connectivity index (χ3n) is 10.9. The Morgan fingerprint density at radius 1 is 1.15 bits per heavy atom. The number of benzene rings is 1. The van der Waals surface area contributed by atoms with E-state index in [1.807, 2.05) is 35.6 Å². The van der Waals surface area contributed by atoms with Crippen molar-refractivity contribution in [1.29, 1.82) is 0 Å². The molecule has 11 nitrogen and oxygen atoms in total. The summed E-state index contributed by atoms with van der Waals surface area (Å²) in [5.41, 5.74) is 8.48. The second-order valence-electron chi connectivity index (χ2n) is 14.2. The Kier molecular flexibility index (Phi) is 7.29. The summed E-state index contributed by atoms with van der Waals surface area (Å²) in [7, 11) is 3.35. The van der Waals surface area contributed by atoms with Crippen molar-refractivity contribution in [3.63, 3.8) is 0 Å². The fourth-order valence-electron chi connectivity index (χ4n) is 8.01. The predicted molar refractivity (Wildman–Crippen MR) is 175 cm³/mol. The van der Waals surface area contributed by atoms with E-state index in [9.17, 15) is 9.59 Å². The number of likely N-dealkylation sites (tertiary alicyclic amines) is 1. The van der Waals surface area contributed by atoms with Crippen LogP contribution >= 0.6 is 0 Å². The van der Waals surface area contributed by atoms with Crippen molar-refractivity contribution in [2.24, 2.45) is 18.7 Å². The van der Waals surface area contributed by atoms with Crippen molar-refractivity contribution in [2.45, 2.75) is 88.1 Å². The molecule has 1 aromatic carbocycles. The SMILES string of the molecule is COc1cc(C(=O)N2C[C@H](N)[C@@H]3CC[C@H]2C3)cc2nc(-c3cc4ccc5nc4n3CC(F)(F)CCCOC3(CC3)C(=O)N[C@@H]5C)n(C)c12. The summed E-state index contributed by atoms with van der Waals surface area (Å²) in [6.07, 6.45) is 3.75. The molecular formula is C35H41F2N7O4. The molecule has 1 spiro atoms. The quantitative estimate of drug-likeness (QED) is 0.326. The number of piperidine rings is 1. The first-order chi connectivity index (χ1) is 23.0. The molecule has 2 saturated carbocycles. The zero-order chi connectivity index (χ0) is 33.5.